The molecule has 0 radical (unpaired) electrons. The molecule has 0 bridgehead atoms. The standard InChI is InChI=1S/C11H13F3NO3P/c12-11(13,14)9-1-3-10(4-2-9)19(16)17-7-5-15-6-8-18-19/h1-4,15H,5-8H2. The molecule has 1 saturated heterocycles. The number of halogens is 3. The maximum absolute atomic E-state index is 12.4. The molecule has 1 aliphatic heterocycles. The van der Waals surface area contributed by atoms with Gasteiger partial charge in [-0.25, -0.2) is 0 Å². The predicted octanol–water partition coefficient (Wildman–Crippen LogP) is 2.16. The lowest BCUT2D eigenvalue weighted by Gasteiger charge is -2.22. The summed E-state index contributed by atoms with van der Waals surface area (Å²) in [7, 11) is -3.52. The van der Waals surface area contributed by atoms with Crippen molar-refractivity contribution < 1.29 is 26.8 Å². The van der Waals surface area contributed by atoms with Crippen molar-refractivity contribution in [3.63, 3.8) is 0 Å². The molecule has 1 aromatic rings. The fraction of sp³-hybridized carbons (Fsp3) is 0.455. The molecule has 0 spiro atoms. The molecule has 106 valence electrons. The van der Waals surface area contributed by atoms with Gasteiger partial charge >= 0.3 is 13.8 Å². The van der Waals surface area contributed by atoms with E-state index in [0.29, 0.717) is 13.1 Å². The first-order valence-electron chi connectivity index (χ1n) is 5.69. The van der Waals surface area contributed by atoms with E-state index in [0.717, 1.165) is 24.3 Å². The van der Waals surface area contributed by atoms with Crippen LogP contribution in [0.15, 0.2) is 24.3 Å². The van der Waals surface area contributed by atoms with Crippen LogP contribution in [0, 0.1) is 0 Å². The summed E-state index contributed by atoms with van der Waals surface area (Å²) in [5.41, 5.74) is -0.795. The van der Waals surface area contributed by atoms with Crippen LogP contribution in [0.2, 0.25) is 0 Å². The molecule has 1 heterocycles. The van der Waals surface area contributed by atoms with Crippen LogP contribution >= 0.6 is 7.60 Å². The van der Waals surface area contributed by atoms with Gasteiger partial charge in [-0.2, -0.15) is 13.2 Å². The van der Waals surface area contributed by atoms with Gasteiger partial charge in [0, 0.05) is 13.1 Å². The molecule has 0 amide bonds. The highest BCUT2D eigenvalue weighted by atomic mass is 31.2. The van der Waals surface area contributed by atoms with Crippen molar-refractivity contribution >= 4 is 12.9 Å². The van der Waals surface area contributed by atoms with E-state index >= 15 is 0 Å². The highest BCUT2D eigenvalue weighted by Gasteiger charge is 2.33. The molecule has 0 saturated carbocycles. The van der Waals surface area contributed by atoms with E-state index in [-0.39, 0.29) is 18.5 Å². The van der Waals surface area contributed by atoms with Gasteiger partial charge in [-0.05, 0) is 24.3 Å². The van der Waals surface area contributed by atoms with Crippen molar-refractivity contribution in [2.75, 3.05) is 26.3 Å². The first kappa shape index (κ1) is 14.5. The van der Waals surface area contributed by atoms with Crippen LogP contribution in [0.4, 0.5) is 13.2 Å². The number of hydrogen-bond donors (Lipinski definition) is 1. The summed E-state index contributed by atoms with van der Waals surface area (Å²) in [5.74, 6) is 0. The number of rotatable bonds is 1. The zero-order valence-electron chi connectivity index (χ0n) is 9.94. The summed E-state index contributed by atoms with van der Waals surface area (Å²) in [4.78, 5) is 0. The van der Waals surface area contributed by atoms with Crippen molar-refractivity contribution in [2.24, 2.45) is 0 Å². The summed E-state index contributed by atoms with van der Waals surface area (Å²) in [6, 6.07) is 4.02. The third-order valence-electron chi connectivity index (χ3n) is 2.59. The third kappa shape index (κ3) is 3.57. The molecule has 0 atom stereocenters. The van der Waals surface area contributed by atoms with E-state index in [1.54, 1.807) is 0 Å². The summed E-state index contributed by atoms with van der Waals surface area (Å²) in [6.07, 6.45) is -4.42. The molecule has 4 nitrogen and oxygen atoms in total. The van der Waals surface area contributed by atoms with Crippen LogP contribution in [-0.2, 0) is 19.8 Å². The van der Waals surface area contributed by atoms with Crippen molar-refractivity contribution in [3.05, 3.63) is 29.8 Å². The van der Waals surface area contributed by atoms with Crippen LogP contribution in [-0.4, -0.2) is 26.3 Å². The quantitative estimate of drug-likeness (QED) is 0.807. The van der Waals surface area contributed by atoms with Crippen molar-refractivity contribution in [1.82, 2.24) is 5.32 Å². The SMILES string of the molecule is O=P1(c2ccc(C(F)(F)F)cc2)OCCNCCO1. The Labute approximate surface area is 108 Å². The molecule has 19 heavy (non-hydrogen) atoms. The van der Waals surface area contributed by atoms with E-state index in [1.807, 2.05) is 0 Å². The zero-order chi connectivity index (χ0) is 13.9. The molecule has 8 heteroatoms. The first-order valence-corrected chi connectivity index (χ1v) is 7.24. The Morgan fingerprint density at radius 3 is 2.05 bits per heavy atom. The van der Waals surface area contributed by atoms with E-state index in [2.05, 4.69) is 5.32 Å². The summed E-state index contributed by atoms with van der Waals surface area (Å²) in [5, 5.41) is 3.13. The minimum absolute atomic E-state index is 0.141. The normalized spacial score (nSPS) is 20.6. The van der Waals surface area contributed by atoms with Gasteiger partial charge in [0.2, 0.25) is 0 Å². The Balaban J connectivity index is 2.22. The van der Waals surface area contributed by atoms with Gasteiger partial charge in [0.25, 0.3) is 0 Å². The summed E-state index contributed by atoms with van der Waals surface area (Å²) in [6.45, 7) is 1.40. The summed E-state index contributed by atoms with van der Waals surface area (Å²) >= 11 is 0. The zero-order valence-corrected chi connectivity index (χ0v) is 10.8. The fourth-order valence-corrected chi connectivity index (χ4v) is 3.17. The highest BCUT2D eigenvalue weighted by molar-refractivity contribution is 7.62. The Kier molecular flexibility index (Phi) is 4.30. The van der Waals surface area contributed by atoms with Crippen LogP contribution in [0.25, 0.3) is 0 Å². The second-order valence-corrected chi connectivity index (χ2v) is 5.99. The maximum atomic E-state index is 12.4. The average molecular weight is 295 g/mol. The molecule has 1 fully saturated rings. The third-order valence-corrected chi connectivity index (χ3v) is 4.57. The Morgan fingerprint density at radius 1 is 1.05 bits per heavy atom. The van der Waals surface area contributed by atoms with Crippen LogP contribution in [0.5, 0.6) is 0 Å². The van der Waals surface area contributed by atoms with Gasteiger partial charge in [-0.1, -0.05) is 0 Å². The number of alkyl halides is 3. The molecule has 0 unspecified atom stereocenters. The molecular weight excluding hydrogens is 282 g/mol. The monoisotopic (exact) mass is 295 g/mol. The molecule has 1 N–H and O–H groups in total. The first-order chi connectivity index (χ1) is 8.92. The van der Waals surface area contributed by atoms with Gasteiger partial charge in [0.05, 0.1) is 24.1 Å². The van der Waals surface area contributed by atoms with E-state index < -0.39 is 19.3 Å². The van der Waals surface area contributed by atoms with Crippen molar-refractivity contribution in [2.45, 2.75) is 6.18 Å². The molecule has 0 aliphatic carbocycles. The van der Waals surface area contributed by atoms with E-state index in [4.69, 9.17) is 9.05 Å². The van der Waals surface area contributed by atoms with Crippen LogP contribution < -0.4 is 10.6 Å². The van der Waals surface area contributed by atoms with Crippen molar-refractivity contribution in [1.29, 1.82) is 0 Å². The molecule has 2 rings (SSSR count). The number of hydrogen-bond acceptors (Lipinski definition) is 4. The largest absolute Gasteiger partial charge is 0.416 e. The van der Waals surface area contributed by atoms with Gasteiger partial charge in [-0.3, -0.25) is 4.57 Å². The Bertz CT molecular complexity index is 463. The van der Waals surface area contributed by atoms with E-state index in [9.17, 15) is 17.7 Å². The molecule has 1 aliphatic rings. The second kappa shape index (κ2) is 5.63. The fourth-order valence-electron chi connectivity index (χ4n) is 1.62. The van der Waals surface area contributed by atoms with Gasteiger partial charge < -0.3 is 14.4 Å². The maximum Gasteiger partial charge on any atom is 0.416 e. The Hall–Kier alpha value is -0.880. The summed E-state index contributed by atoms with van der Waals surface area (Å²) < 4.78 is 60.1. The van der Waals surface area contributed by atoms with Crippen LogP contribution in [0.1, 0.15) is 5.56 Å². The van der Waals surface area contributed by atoms with Crippen LogP contribution in [0.3, 0.4) is 0 Å². The van der Waals surface area contributed by atoms with Gasteiger partial charge in [-0.15, -0.1) is 0 Å². The number of benzene rings is 1. The lowest BCUT2D eigenvalue weighted by molar-refractivity contribution is -0.137. The molecule has 0 aromatic heterocycles. The minimum Gasteiger partial charge on any atom is -0.312 e. The molecule has 1 aromatic carbocycles. The minimum atomic E-state index is -4.42. The lowest BCUT2D eigenvalue weighted by atomic mass is 10.2. The number of nitrogens with one attached hydrogen (secondary N) is 1. The highest BCUT2D eigenvalue weighted by Crippen LogP contribution is 2.47. The van der Waals surface area contributed by atoms with Gasteiger partial charge in [0.15, 0.2) is 0 Å². The van der Waals surface area contributed by atoms with Crippen molar-refractivity contribution in [3.8, 4) is 0 Å². The van der Waals surface area contributed by atoms with Gasteiger partial charge in [0.1, 0.15) is 0 Å². The van der Waals surface area contributed by atoms with E-state index in [1.165, 1.54) is 0 Å². The Morgan fingerprint density at radius 2 is 1.58 bits per heavy atom. The lowest BCUT2D eigenvalue weighted by Crippen LogP contribution is -2.28. The predicted molar refractivity (Wildman–Crippen MR) is 63.5 cm³/mol. The second-order valence-electron chi connectivity index (χ2n) is 3.96. The smallest absolute Gasteiger partial charge is 0.312 e. The topological polar surface area (TPSA) is 47.6 Å². The molecular formula is C11H13F3NO3P. The average Bonchev–Trinajstić information content (AvgIpc) is 2.33.